The van der Waals surface area contributed by atoms with Crippen molar-refractivity contribution in [2.75, 3.05) is 19.5 Å². The van der Waals surface area contributed by atoms with E-state index in [1.54, 1.807) is 24.3 Å². The van der Waals surface area contributed by atoms with Crippen molar-refractivity contribution in [3.8, 4) is 11.5 Å². The first-order valence-corrected chi connectivity index (χ1v) is 8.30. The lowest BCUT2D eigenvalue weighted by atomic mass is 10.2. The molecule has 2 aromatic carbocycles. The Bertz CT molecular complexity index is 808. The first kappa shape index (κ1) is 19.9. The van der Waals surface area contributed by atoms with E-state index in [9.17, 15) is 9.59 Å². The van der Waals surface area contributed by atoms with E-state index < -0.39 is 18.0 Å². The van der Waals surface area contributed by atoms with Crippen molar-refractivity contribution in [1.82, 2.24) is 0 Å². The Balaban J connectivity index is 2.07. The van der Waals surface area contributed by atoms with Gasteiger partial charge < -0.3 is 19.5 Å². The third-order valence-electron chi connectivity index (χ3n) is 3.43. The standard InChI is InChI=1S/C18H17Cl2NO5/c1-10(17(22)21-13-6-4-12(19)5-7-13)26-18(23)11-8-14(20)16(25-3)15(9-11)24-2/h4-10H,1-3H3,(H,21,22)/t10-/m0/s1. The summed E-state index contributed by atoms with van der Waals surface area (Å²) in [6.45, 7) is 1.46. The van der Waals surface area contributed by atoms with Crippen molar-refractivity contribution in [1.29, 1.82) is 0 Å². The van der Waals surface area contributed by atoms with Crippen molar-refractivity contribution in [3.05, 3.63) is 52.0 Å². The van der Waals surface area contributed by atoms with E-state index in [4.69, 9.17) is 37.4 Å². The van der Waals surface area contributed by atoms with Crippen molar-refractivity contribution in [3.63, 3.8) is 0 Å². The first-order valence-electron chi connectivity index (χ1n) is 7.54. The van der Waals surface area contributed by atoms with Gasteiger partial charge in [-0.05, 0) is 43.3 Å². The van der Waals surface area contributed by atoms with Crippen LogP contribution >= 0.6 is 23.2 Å². The molecule has 0 radical (unpaired) electrons. The molecule has 0 spiro atoms. The quantitative estimate of drug-likeness (QED) is 0.739. The highest BCUT2D eigenvalue weighted by Crippen LogP contribution is 2.36. The predicted molar refractivity (Wildman–Crippen MR) is 99.5 cm³/mol. The minimum Gasteiger partial charge on any atom is -0.493 e. The molecule has 0 fully saturated rings. The Morgan fingerprint density at radius 3 is 2.27 bits per heavy atom. The van der Waals surface area contributed by atoms with Crippen molar-refractivity contribution >= 4 is 40.8 Å². The highest BCUT2D eigenvalue weighted by molar-refractivity contribution is 6.32. The summed E-state index contributed by atoms with van der Waals surface area (Å²) in [5.41, 5.74) is 0.676. The summed E-state index contributed by atoms with van der Waals surface area (Å²) in [6, 6.07) is 9.37. The molecule has 0 bridgehead atoms. The molecular weight excluding hydrogens is 381 g/mol. The first-order chi connectivity index (χ1) is 12.3. The summed E-state index contributed by atoms with van der Waals surface area (Å²) in [4.78, 5) is 24.5. The lowest BCUT2D eigenvalue weighted by Crippen LogP contribution is -2.30. The average Bonchev–Trinajstić information content (AvgIpc) is 2.62. The van der Waals surface area contributed by atoms with E-state index in [-0.39, 0.29) is 16.3 Å². The number of rotatable bonds is 6. The monoisotopic (exact) mass is 397 g/mol. The van der Waals surface area contributed by atoms with Gasteiger partial charge in [-0.1, -0.05) is 23.2 Å². The largest absolute Gasteiger partial charge is 0.493 e. The molecule has 0 aromatic heterocycles. The normalized spacial score (nSPS) is 11.4. The topological polar surface area (TPSA) is 73.9 Å². The fourth-order valence-electron chi connectivity index (χ4n) is 2.10. The number of hydrogen-bond donors (Lipinski definition) is 1. The molecule has 0 saturated carbocycles. The second kappa shape index (κ2) is 8.78. The van der Waals surface area contributed by atoms with Gasteiger partial charge in [-0.25, -0.2) is 4.79 Å². The average molecular weight is 398 g/mol. The van der Waals surface area contributed by atoms with Crippen molar-refractivity contribution in [2.45, 2.75) is 13.0 Å². The van der Waals surface area contributed by atoms with Crippen LogP contribution in [0, 0.1) is 0 Å². The number of methoxy groups -OCH3 is 2. The molecule has 2 rings (SSSR count). The molecule has 0 aliphatic heterocycles. The number of carbonyl (C=O) groups excluding carboxylic acids is 2. The number of benzene rings is 2. The molecule has 0 unspecified atom stereocenters. The molecule has 1 N–H and O–H groups in total. The number of esters is 1. The number of nitrogens with one attached hydrogen (secondary N) is 1. The second-order valence-corrected chi connectivity index (χ2v) is 6.08. The Morgan fingerprint density at radius 1 is 1.04 bits per heavy atom. The van der Waals surface area contributed by atoms with Crippen LogP contribution in [0.15, 0.2) is 36.4 Å². The maximum Gasteiger partial charge on any atom is 0.339 e. The van der Waals surface area contributed by atoms with Crippen molar-refractivity contribution < 1.29 is 23.8 Å². The third-order valence-corrected chi connectivity index (χ3v) is 3.97. The van der Waals surface area contributed by atoms with Gasteiger partial charge in [0.25, 0.3) is 5.91 Å². The van der Waals surface area contributed by atoms with E-state index in [2.05, 4.69) is 5.32 Å². The highest BCUT2D eigenvalue weighted by Gasteiger charge is 2.21. The smallest absolute Gasteiger partial charge is 0.339 e. The third kappa shape index (κ3) is 4.80. The number of hydrogen-bond acceptors (Lipinski definition) is 5. The lowest BCUT2D eigenvalue weighted by molar-refractivity contribution is -0.123. The van der Waals surface area contributed by atoms with Crippen LogP contribution in [0.25, 0.3) is 0 Å². The van der Waals surface area contributed by atoms with Gasteiger partial charge in [0.1, 0.15) is 0 Å². The molecular formula is C18H17Cl2NO5. The van der Waals surface area contributed by atoms with Gasteiger partial charge in [0.2, 0.25) is 0 Å². The van der Waals surface area contributed by atoms with Crippen LogP contribution in [0.1, 0.15) is 17.3 Å². The molecule has 26 heavy (non-hydrogen) atoms. The zero-order chi connectivity index (χ0) is 19.3. The summed E-state index contributed by atoms with van der Waals surface area (Å²) in [7, 11) is 2.86. The van der Waals surface area contributed by atoms with Crippen molar-refractivity contribution in [2.24, 2.45) is 0 Å². The fourth-order valence-corrected chi connectivity index (χ4v) is 2.51. The molecule has 1 amide bonds. The number of anilines is 1. The van der Waals surface area contributed by atoms with E-state index in [1.165, 1.54) is 33.3 Å². The molecule has 0 heterocycles. The molecule has 8 heteroatoms. The molecule has 0 aliphatic rings. The number of halogens is 2. The van der Waals surface area contributed by atoms with Crippen LogP contribution in [0.3, 0.4) is 0 Å². The Morgan fingerprint density at radius 2 is 1.69 bits per heavy atom. The van der Waals surface area contributed by atoms with E-state index in [0.717, 1.165) is 0 Å². The van der Waals surface area contributed by atoms with Crippen LogP contribution in [0.2, 0.25) is 10.0 Å². The van der Waals surface area contributed by atoms with Crippen LogP contribution < -0.4 is 14.8 Å². The Labute approximate surface area is 160 Å². The van der Waals surface area contributed by atoms with Crippen LogP contribution in [0.4, 0.5) is 5.69 Å². The lowest BCUT2D eigenvalue weighted by Gasteiger charge is -2.15. The minimum absolute atomic E-state index is 0.138. The SMILES string of the molecule is COc1cc(C(=O)O[C@@H](C)C(=O)Nc2ccc(Cl)cc2)cc(Cl)c1OC. The van der Waals surface area contributed by atoms with E-state index >= 15 is 0 Å². The number of amides is 1. The number of carbonyl (C=O) groups is 2. The molecule has 0 aliphatic carbocycles. The van der Waals surface area contributed by atoms with Crippen LogP contribution in [-0.4, -0.2) is 32.2 Å². The second-order valence-electron chi connectivity index (χ2n) is 5.24. The zero-order valence-corrected chi connectivity index (χ0v) is 15.9. The van der Waals surface area contributed by atoms with Gasteiger partial charge in [-0.2, -0.15) is 0 Å². The summed E-state index contributed by atoms with van der Waals surface area (Å²) in [6.07, 6.45) is -1.02. The van der Waals surface area contributed by atoms with Gasteiger partial charge in [0, 0.05) is 10.7 Å². The summed E-state index contributed by atoms with van der Waals surface area (Å²) in [5.74, 6) is -0.608. The van der Waals surface area contributed by atoms with E-state index in [1.807, 2.05) is 0 Å². The molecule has 1 atom stereocenters. The van der Waals surface area contributed by atoms with Gasteiger partial charge >= 0.3 is 5.97 Å². The summed E-state index contributed by atoms with van der Waals surface area (Å²) < 4.78 is 15.4. The zero-order valence-electron chi connectivity index (χ0n) is 14.3. The Kier molecular flexibility index (Phi) is 6.71. The fraction of sp³-hybridized carbons (Fsp3) is 0.222. The maximum absolute atomic E-state index is 12.3. The highest BCUT2D eigenvalue weighted by atomic mass is 35.5. The van der Waals surface area contributed by atoms with Crippen LogP contribution in [0.5, 0.6) is 11.5 Å². The Hall–Kier alpha value is -2.44. The molecule has 0 saturated heterocycles. The maximum atomic E-state index is 12.3. The van der Waals surface area contributed by atoms with E-state index in [0.29, 0.717) is 16.5 Å². The van der Waals surface area contributed by atoms with Gasteiger partial charge in [-0.3, -0.25) is 4.79 Å². The molecule has 6 nitrogen and oxygen atoms in total. The van der Waals surface area contributed by atoms with Crippen LogP contribution in [-0.2, 0) is 9.53 Å². The van der Waals surface area contributed by atoms with Gasteiger partial charge in [0.15, 0.2) is 17.6 Å². The predicted octanol–water partition coefficient (Wildman–Crippen LogP) is 4.19. The van der Waals surface area contributed by atoms with Gasteiger partial charge in [-0.15, -0.1) is 0 Å². The van der Waals surface area contributed by atoms with Gasteiger partial charge in [0.05, 0.1) is 24.8 Å². The minimum atomic E-state index is -1.02. The summed E-state index contributed by atoms with van der Waals surface area (Å²) >= 11 is 11.9. The molecule has 138 valence electrons. The molecule has 2 aromatic rings. The summed E-state index contributed by atoms with van der Waals surface area (Å²) in [5, 5.41) is 3.37. The number of ether oxygens (including phenoxy) is 3.